The molecule has 1 saturated heterocycles. The van der Waals surface area contributed by atoms with E-state index in [1.807, 2.05) is 37.3 Å². The average molecular weight is 310 g/mol. The van der Waals surface area contributed by atoms with Crippen LogP contribution in [0.2, 0.25) is 0 Å². The van der Waals surface area contributed by atoms with Crippen LogP contribution in [0.5, 0.6) is 0 Å². The molecule has 0 aliphatic carbocycles. The Morgan fingerprint density at radius 1 is 1.04 bits per heavy atom. The summed E-state index contributed by atoms with van der Waals surface area (Å²) >= 11 is 0. The van der Waals surface area contributed by atoms with Crippen LogP contribution >= 0.6 is 0 Å². The number of carbonyl (C=O) groups excluding carboxylic acids is 2. The van der Waals surface area contributed by atoms with Gasteiger partial charge < -0.3 is 4.74 Å². The maximum atomic E-state index is 13.0. The molecular weight excluding hydrogens is 292 g/mol. The lowest BCUT2D eigenvalue weighted by Crippen LogP contribution is -2.46. The summed E-state index contributed by atoms with van der Waals surface area (Å²) in [5.74, 6) is -0.431. The summed E-state index contributed by atoms with van der Waals surface area (Å²) in [7, 11) is 0. The van der Waals surface area contributed by atoms with Crippen LogP contribution in [0.3, 0.4) is 0 Å². The maximum absolute atomic E-state index is 13.0. The van der Waals surface area contributed by atoms with Gasteiger partial charge in [-0.3, -0.25) is 10.1 Å². The van der Waals surface area contributed by atoms with Crippen molar-refractivity contribution in [2.45, 2.75) is 19.6 Å². The molecule has 1 unspecified atom stereocenters. The molecule has 1 atom stereocenters. The quantitative estimate of drug-likeness (QED) is 0.883. The van der Waals surface area contributed by atoms with Crippen LogP contribution in [0, 0.1) is 6.92 Å². The summed E-state index contributed by atoms with van der Waals surface area (Å²) in [6.45, 7) is 4.03. The third-order valence-electron chi connectivity index (χ3n) is 3.82. The van der Waals surface area contributed by atoms with E-state index >= 15 is 0 Å². The fourth-order valence-electron chi connectivity index (χ4n) is 2.70. The van der Waals surface area contributed by atoms with Gasteiger partial charge >= 0.3 is 6.03 Å². The van der Waals surface area contributed by atoms with Crippen LogP contribution in [-0.2, 0) is 15.3 Å². The third kappa shape index (κ3) is 2.49. The van der Waals surface area contributed by atoms with E-state index in [0.717, 1.165) is 10.5 Å². The van der Waals surface area contributed by atoms with E-state index in [9.17, 15) is 9.59 Å². The van der Waals surface area contributed by atoms with Crippen molar-refractivity contribution in [1.29, 1.82) is 0 Å². The highest BCUT2D eigenvalue weighted by atomic mass is 16.5. The Labute approximate surface area is 134 Å². The molecule has 1 aliphatic heterocycles. The van der Waals surface area contributed by atoms with Gasteiger partial charge in [0.15, 0.2) is 0 Å². The predicted molar refractivity (Wildman–Crippen MR) is 86.9 cm³/mol. The second-order valence-electron chi connectivity index (χ2n) is 5.39. The Morgan fingerprint density at radius 2 is 1.70 bits per heavy atom. The van der Waals surface area contributed by atoms with Crippen LogP contribution < -0.4 is 10.2 Å². The lowest BCUT2D eigenvalue weighted by atomic mass is 10.0. The monoisotopic (exact) mass is 310 g/mol. The average Bonchev–Trinajstić information content (AvgIpc) is 2.81. The summed E-state index contributed by atoms with van der Waals surface area (Å²) < 4.78 is 5.71. The normalized spacial score (nSPS) is 20.7. The second-order valence-corrected chi connectivity index (χ2v) is 5.39. The standard InChI is InChI=1S/C18H18N2O3/c1-3-23-18(14-7-5-4-6-8-14)16(21)20(17(22)19-18)15-11-9-13(2)10-12-15/h4-12H,3H2,1-2H3,(H,19,22). The van der Waals surface area contributed by atoms with Crippen LogP contribution in [-0.4, -0.2) is 18.5 Å². The first-order valence-electron chi connectivity index (χ1n) is 7.51. The van der Waals surface area contributed by atoms with Crippen molar-refractivity contribution in [3.8, 4) is 0 Å². The number of amides is 3. The fraction of sp³-hybridized carbons (Fsp3) is 0.222. The van der Waals surface area contributed by atoms with E-state index in [4.69, 9.17) is 4.74 Å². The number of carbonyl (C=O) groups is 2. The smallest absolute Gasteiger partial charge is 0.331 e. The minimum Gasteiger partial charge on any atom is -0.344 e. The van der Waals surface area contributed by atoms with E-state index in [1.54, 1.807) is 31.2 Å². The zero-order valence-electron chi connectivity index (χ0n) is 13.1. The minimum atomic E-state index is -1.47. The van der Waals surface area contributed by atoms with Crippen molar-refractivity contribution in [3.63, 3.8) is 0 Å². The molecule has 118 valence electrons. The van der Waals surface area contributed by atoms with Crippen LogP contribution in [0.1, 0.15) is 18.1 Å². The maximum Gasteiger partial charge on any atom is 0.331 e. The molecule has 0 saturated carbocycles. The fourth-order valence-corrected chi connectivity index (χ4v) is 2.70. The first kappa shape index (κ1) is 15.2. The first-order valence-corrected chi connectivity index (χ1v) is 7.51. The van der Waals surface area contributed by atoms with Crippen LogP contribution in [0.25, 0.3) is 0 Å². The largest absolute Gasteiger partial charge is 0.344 e. The summed E-state index contributed by atoms with van der Waals surface area (Å²) in [6, 6.07) is 15.7. The zero-order valence-corrected chi connectivity index (χ0v) is 13.1. The van der Waals surface area contributed by atoms with E-state index in [1.165, 1.54) is 0 Å². The number of ether oxygens (including phenoxy) is 1. The molecule has 3 amide bonds. The minimum absolute atomic E-state index is 0.294. The van der Waals surface area contributed by atoms with E-state index < -0.39 is 17.7 Å². The number of aryl methyl sites for hydroxylation is 1. The van der Waals surface area contributed by atoms with Crippen LogP contribution in [0.15, 0.2) is 54.6 Å². The van der Waals surface area contributed by atoms with Gasteiger partial charge in [-0.1, -0.05) is 48.0 Å². The second kappa shape index (κ2) is 5.85. The molecule has 5 heteroatoms. The van der Waals surface area contributed by atoms with E-state index in [2.05, 4.69) is 5.32 Å². The molecule has 1 aliphatic rings. The Hall–Kier alpha value is -2.66. The van der Waals surface area contributed by atoms with Crippen LogP contribution in [0.4, 0.5) is 10.5 Å². The summed E-state index contributed by atoms with van der Waals surface area (Å²) in [5.41, 5.74) is 0.711. The van der Waals surface area contributed by atoms with Crippen molar-refractivity contribution in [3.05, 3.63) is 65.7 Å². The van der Waals surface area contributed by atoms with Crippen molar-refractivity contribution in [2.24, 2.45) is 0 Å². The molecule has 0 aromatic heterocycles. The van der Waals surface area contributed by atoms with Gasteiger partial charge in [-0.15, -0.1) is 0 Å². The number of benzene rings is 2. The molecule has 23 heavy (non-hydrogen) atoms. The Balaban J connectivity index is 2.05. The molecule has 0 bridgehead atoms. The summed E-state index contributed by atoms with van der Waals surface area (Å²) in [4.78, 5) is 26.6. The number of nitrogens with one attached hydrogen (secondary N) is 1. The van der Waals surface area contributed by atoms with Gasteiger partial charge in [-0.05, 0) is 26.0 Å². The van der Waals surface area contributed by atoms with Gasteiger partial charge in [0, 0.05) is 12.2 Å². The van der Waals surface area contributed by atoms with E-state index in [-0.39, 0.29) is 0 Å². The Morgan fingerprint density at radius 3 is 2.30 bits per heavy atom. The molecule has 2 aromatic rings. The molecule has 3 rings (SSSR count). The van der Waals surface area contributed by atoms with Crippen molar-refractivity contribution >= 4 is 17.6 Å². The van der Waals surface area contributed by atoms with Gasteiger partial charge in [0.25, 0.3) is 11.6 Å². The third-order valence-corrected chi connectivity index (χ3v) is 3.82. The summed E-state index contributed by atoms with van der Waals surface area (Å²) in [5, 5.41) is 2.71. The Bertz CT molecular complexity index is 728. The van der Waals surface area contributed by atoms with Crippen molar-refractivity contribution in [2.75, 3.05) is 11.5 Å². The van der Waals surface area contributed by atoms with Gasteiger partial charge in [-0.2, -0.15) is 0 Å². The van der Waals surface area contributed by atoms with Gasteiger partial charge in [0.2, 0.25) is 0 Å². The molecule has 1 heterocycles. The molecule has 0 spiro atoms. The van der Waals surface area contributed by atoms with Gasteiger partial charge in [0.1, 0.15) is 0 Å². The highest BCUT2D eigenvalue weighted by Crippen LogP contribution is 2.33. The zero-order chi connectivity index (χ0) is 16.4. The highest BCUT2D eigenvalue weighted by molar-refractivity contribution is 6.22. The lowest BCUT2D eigenvalue weighted by Gasteiger charge is -2.26. The number of rotatable bonds is 4. The molecule has 1 fully saturated rings. The Kier molecular flexibility index (Phi) is 3.88. The van der Waals surface area contributed by atoms with Crippen molar-refractivity contribution in [1.82, 2.24) is 5.32 Å². The van der Waals surface area contributed by atoms with Crippen molar-refractivity contribution < 1.29 is 14.3 Å². The highest BCUT2D eigenvalue weighted by Gasteiger charge is 2.54. The summed E-state index contributed by atoms with van der Waals surface area (Å²) in [6.07, 6.45) is 0. The first-order chi connectivity index (χ1) is 11.1. The number of imide groups is 1. The SMILES string of the molecule is CCOC1(c2ccccc2)NC(=O)N(c2ccc(C)cc2)C1=O. The number of anilines is 1. The molecule has 1 N–H and O–H groups in total. The number of hydrogen-bond donors (Lipinski definition) is 1. The molecule has 0 radical (unpaired) electrons. The topological polar surface area (TPSA) is 58.6 Å². The molecular formula is C18H18N2O3. The predicted octanol–water partition coefficient (Wildman–Crippen LogP) is 2.94. The van der Waals surface area contributed by atoms with Gasteiger partial charge in [0.05, 0.1) is 5.69 Å². The molecule has 2 aromatic carbocycles. The molecule has 5 nitrogen and oxygen atoms in total. The number of urea groups is 1. The van der Waals surface area contributed by atoms with Gasteiger partial charge in [-0.25, -0.2) is 9.69 Å². The van der Waals surface area contributed by atoms with E-state index in [0.29, 0.717) is 17.9 Å². The lowest BCUT2D eigenvalue weighted by molar-refractivity contribution is -0.143. The number of hydrogen-bond acceptors (Lipinski definition) is 3. The number of nitrogens with zero attached hydrogens (tertiary/aromatic N) is 1.